The van der Waals surface area contributed by atoms with E-state index in [9.17, 15) is 18.0 Å². The SMILES string of the molecule is O=C1[C@@H](Nc2cccc(C(F)(F)F)c2)SC(=S)N1c1ccccc1. The molecule has 1 N–H and O–H groups in total. The molecule has 0 saturated carbocycles. The van der Waals surface area contributed by atoms with E-state index in [0.29, 0.717) is 10.0 Å². The van der Waals surface area contributed by atoms with Gasteiger partial charge in [-0.2, -0.15) is 13.2 Å². The normalized spacial score (nSPS) is 18.1. The van der Waals surface area contributed by atoms with Crippen molar-refractivity contribution in [3.05, 3.63) is 60.2 Å². The summed E-state index contributed by atoms with van der Waals surface area (Å²) < 4.78 is 38.7. The number of para-hydroxylation sites is 1. The Labute approximate surface area is 145 Å². The second-order valence-electron chi connectivity index (χ2n) is 5.00. The predicted octanol–water partition coefficient (Wildman–Crippen LogP) is 4.51. The minimum atomic E-state index is -4.43. The maximum atomic E-state index is 12.8. The number of benzene rings is 2. The van der Waals surface area contributed by atoms with Crippen LogP contribution in [0.2, 0.25) is 0 Å². The Kier molecular flexibility index (Phi) is 4.51. The van der Waals surface area contributed by atoms with Crippen LogP contribution in [0.1, 0.15) is 5.56 Å². The molecule has 24 heavy (non-hydrogen) atoms. The number of rotatable bonds is 3. The van der Waals surface area contributed by atoms with E-state index in [4.69, 9.17) is 12.2 Å². The molecule has 2 aromatic carbocycles. The van der Waals surface area contributed by atoms with Gasteiger partial charge in [-0.3, -0.25) is 9.69 Å². The van der Waals surface area contributed by atoms with Crippen LogP contribution >= 0.6 is 24.0 Å². The molecule has 3 nitrogen and oxygen atoms in total. The summed E-state index contributed by atoms with van der Waals surface area (Å²) >= 11 is 6.33. The van der Waals surface area contributed by atoms with Crippen molar-refractivity contribution in [1.29, 1.82) is 0 Å². The molecule has 3 rings (SSSR count). The first-order valence-corrected chi connectivity index (χ1v) is 8.18. The van der Waals surface area contributed by atoms with Gasteiger partial charge in [-0.05, 0) is 30.3 Å². The number of thioether (sulfide) groups is 1. The van der Waals surface area contributed by atoms with Crippen LogP contribution in [0.5, 0.6) is 0 Å². The van der Waals surface area contributed by atoms with Gasteiger partial charge in [-0.25, -0.2) is 0 Å². The van der Waals surface area contributed by atoms with Crippen molar-refractivity contribution in [3.63, 3.8) is 0 Å². The van der Waals surface area contributed by atoms with E-state index in [1.165, 1.54) is 17.0 Å². The maximum Gasteiger partial charge on any atom is 0.416 e. The molecule has 1 heterocycles. The zero-order valence-electron chi connectivity index (χ0n) is 12.1. The molecule has 1 amide bonds. The molecule has 2 aromatic rings. The molecular formula is C16H11F3N2OS2. The van der Waals surface area contributed by atoms with Gasteiger partial charge >= 0.3 is 6.18 Å². The summed E-state index contributed by atoms with van der Waals surface area (Å²) in [6, 6.07) is 13.6. The Bertz CT molecular complexity index is 780. The number of thiocarbonyl (C=S) groups is 1. The number of carbonyl (C=O) groups excluding carboxylic acids is 1. The summed E-state index contributed by atoms with van der Waals surface area (Å²) in [6.07, 6.45) is -4.43. The summed E-state index contributed by atoms with van der Waals surface area (Å²) in [5.74, 6) is -0.311. The van der Waals surface area contributed by atoms with Crippen LogP contribution in [-0.2, 0) is 11.0 Å². The summed E-state index contributed by atoms with van der Waals surface area (Å²) in [5.41, 5.74) is 0.0761. The third-order valence-electron chi connectivity index (χ3n) is 3.35. The first-order valence-electron chi connectivity index (χ1n) is 6.90. The van der Waals surface area contributed by atoms with Gasteiger partial charge in [0.15, 0.2) is 5.37 Å². The molecule has 0 aromatic heterocycles. The van der Waals surface area contributed by atoms with Gasteiger partial charge in [0, 0.05) is 5.69 Å². The average molecular weight is 368 g/mol. The number of halogens is 3. The Balaban J connectivity index is 1.80. The second kappa shape index (κ2) is 6.45. The highest BCUT2D eigenvalue weighted by molar-refractivity contribution is 8.25. The van der Waals surface area contributed by atoms with Crippen LogP contribution in [-0.4, -0.2) is 15.6 Å². The molecular weight excluding hydrogens is 357 g/mol. The summed E-state index contributed by atoms with van der Waals surface area (Å²) in [5, 5.41) is 2.05. The van der Waals surface area contributed by atoms with E-state index >= 15 is 0 Å². The molecule has 0 unspecified atom stereocenters. The van der Waals surface area contributed by atoms with Gasteiger partial charge < -0.3 is 5.32 Å². The number of amides is 1. The second-order valence-corrected chi connectivity index (χ2v) is 6.73. The lowest BCUT2D eigenvalue weighted by Gasteiger charge is -2.16. The number of nitrogens with zero attached hydrogens (tertiary/aromatic N) is 1. The van der Waals surface area contributed by atoms with E-state index < -0.39 is 17.1 Å². The first kappa shape index (κ1) is 16.8. The van der Waals surface area contributed by atoms with Crippen molar-refractivity contribution in [3.8, 4) is 0 Å². The van der Waals surface area contributed by atoms with Gasteiger partial charge in [0.05, 0.1) is 11.3 Å². The Morgan fingerprint density at radius 3 is 2.46 bits per heavy atom. The number of anilines is 2. The molecule has 1 atom stereocenters. The van der Waals surface area contributed by atoms with E-state index in [1.54, 1.807) is 24.3 Å². The van der Waals surface area contributed by atoms with Gasteiger partial charge in [-0.1, -0.05) is 48.2 Å². The predicted molar refractivity (Wildman–Crippen MR) is 93.0 cm³/mol. The molecule has 0 spiro atoms. The van der Waals surface area contributed by atoms with Crippen molar-refractivity contribution in [2.75, 3.05) is 10.2 Å². The summed E-state index contributed by atoms with van der Waals surface area (Å²) in [4.78, 5) is 13.9. The fraction of sp³-hybridized carbons (Fsp3) is 0.125. The van der Waals surface area contributed by atoms with Crippen LogP contribution in [0, 0.1) is 0 Å². The number of hydrogen-bond acceptors (Lipinski definition) is 4. The van der Waals surface area contributed by atoms with Gasteiger partial charge in [0.2, 0.25) is 0 Å². The Morgan fingerprint density at radius 1 is 1.08 bits per heavy atom. The smallest absolute Gasteiger partial charge is 0.365 e. The van der Waals surface area contributed by atoms with Gasteiger partial charge in [0.1, 0.15) is 4.32 Å². The summed E-state index contributed by atoms with van der Waals surface area (Å²) in [6.45, 7) is 0. The molecule has 0 radical (unpaired) electrons. The van der Waals surface area contributed by atoms with Crippen LogP contribution in [0.25, 0.3) is 0 Å². The lowest BCUT2D eigenvalue weighted by atomic mass is 10.2. The molecule has 0 aliphatic carbocycles. The van der Waals surface area contributed by atoms with Crippen molar-refractivity contribution in [1.82, 2.24) is 0 Å². The van der Waals surface area contributed by atoms with E-state index in [-0.39, 0.29) is 11.6 Å². The third kappa shape index (κ3) is 3.39. The topological polar surface area (TPSA) is 32.3 Å². The third-order valence-corrected chi connectivity index (χ3v) is 4.76. The standard InChI is InChI=1S/C16H11F3N2OS2/c17-16(18,19)10-5-4-6-11(9-10)20-13-14(22)21(15(23)24-13)12-7-2-1-3-8-12/h1-9,13,20H/t13-/m0/s1. The van der Waals surface area contributed by atoms with Gasteiger partial charge in [-0.15, -0.1) is 0 Å². The lowest BCUT2D eigenvalue weighted by Crippen LogP contribution is -2.34. The molecule has 124 valence electrons. The highest BCUT2D eigenvalue weighted by atomic mass is 32.2. The fourth-order valence-corrected chi connectivity index (χ4v) is 3.64. The Morgan fingerprint density at radius 2 is 1.79 bits per heavy atom. The van der Waals surface area contributed by atoms with Crippen molar-refractivity contribution < 1.29 is 18.0 Å². The maximum absolute atomic E-state index is 12.8. The minimum absolute atomic E-state index is 0.216. The summed E-state index contributed by atoms with van der Waals surface area (Å²) in [7, 11) is 0. The van der Waals surface area contributed by atoms with Crippen LogP contribution in [0.4, 0.5) is 24.5 Å². The number of alkyl halides is 3. The monoisotopic (exact) mass is 368 g/mol. The van der Waals surface area contributed by atoms with Crippen LogP contribution in [0.15, 0.2) is 54.6 Å². The Hall–Kier alpha value is -2.06. The number of carbonyl (C=O) groups is 1. The molecule has 1 aliphatic heterocycles. The van der Waals surface area contributed by atoms with Gasteiger partial charge in [0.25, 0.3) is 5.91 Å². The largest absolute Gasteiger partial charge is 0.416 e. The number of nitrogens with one attached hydrogen (secondary N) is 1. The molecule has 1 fully saturated rings. The van der Waals surface area contributed by atoms with E-state index in [1.807, 2.05) is 6.07 Å². The van der Waals surface area contributed by atoms with E-state index in [2.05, 4.69) is 5.32 Å². The zero-order chi connectivity index (χ0) is 17.3. The average Bonchev–Trinajstić information content (AvgIpc) is 2.82. The number of hydrogen-bond donors (Lipinski definition) is 1. The zero-order valence-corrected chi connectivity index (χ0v) is 13.7. The minimum Gasteiger partial charge on any atom is -0.365 e. The lowest BCUT2D eigenvalue weighted by molar-refractivity contribution is -0.137. The quantitative estimate of drug-likeness (QED) is 0.808. The van der Waals surface area contributed by atoms with Crippen LogP contribution < -0.4 is 10.2 Å². The molecule has 1 aliphatic rings. The van der Waals surface area contributed by atoms with Crippen molar-refractivity contribution >= 4 is 45.6 Å². The molecule has 8 heteroatoms. The first-order chi connectivity index (χ1) is 11.4. The molecule has 1 saturated heterocycles. The highest BCUT2D eigenvalue weighted by Crippen LogP contribution is 2.34. The van der Waals surface area contributed by atoms with Crippen molar-refractivity contribution in [2.24, 2.45) is 0 Å². The fourth-order valence-electron chi connectivity index (χ4n) is 2.25. The van der Waals surface area contributed by atoms with E-state index in [0.717, 1.165) is 23.9 Å². The van der Waals surface area contributed by atoms with Crippen molar-refractivity contribution in [2.45, 2.75) is 11.6 Å². The van der Waals surface area contributed by atoms with Crippen LogP contribution in [0.3, 0.4) is 0 Å². The molecule has 0 bridgehead atoms. The highest BCUT2D eigenvalue weighted by Gasteiger charge is 2.38.